The molecule has 0 saturated heterocycles. The number of carbonyl (C=O) groups is 1. The van der Waals surface area contributed by atoms with Crippen LogP contribution in [0.1, 0.15) is 19.3 Å². The third kappa shape index (κ3) is 5.19. The minimum atomic E-state index is -3.56. The molecule has 0 bridgehead atoms. The molecule has 0 radical (unpaired) electrons. The maximum Gasteiger partial charge on any atom is 0.303 e. The molecule has 0 aliphatic carbocycles. The van der Waals surface area contributed by atoms with Crippen LogP contribution in [-0.4, -0.2) is 26.0 Å². The minimum Gasteiger partial charge on any atom is -0.481 e. The van der Waals surface area contributed by atoms with Crippen molar-refractivity contribution >= 4 is 16.0 Å². The molecule has 2 aromatic rings. The molecule has 0 amide bonds. The average Bonchev–Trinajstić information content (AvgIpc) is 2.55. The molecule has 2 rings (SSSR count). The Bertz CT molecular complexity index is 740. The highest BCUT2D eigenvalue weighted by molar-refractivity contribution is 7.89. The Labute approximate surface area is 136 Å². The van der Waals surface area contributed by atoms with Crippen molar-refractivity contribution in [3.63, 3.8) is 0 Å². The summed E-state index contributed by atoms with van der Waals surface area (Å²) in [5, 5.41) is 8.53. The number of benzene rings is 2. The maximum atomic E-state index is 12.1. The van der Waals surface area contributed by atoms with Crippen molar-refractivity contribution in [2.75, 3.05) is 6.54 Å². The predicted octanol–water partition coefficient (Wildman–Crippen LogP) is 2.89. The lowest BCUT2D eigenvalue weighted by molar-refractivity contribution is -0.137. The van der Waals surface area contributed by atoms with Crippen LogP contribution < -0.4 is 4.72 Å². The number of hydrogen-bond donors (Lipinski definition) is 2. The lowest BCUT2D eigenvalue weighted by Crippen LogP contribution is -2.24. The van der Waals surface area contributed by atoms with E-state index in [0.29, 0.717) is 12.8 Å². The number of hydrogen-bond acceptors (Lipinski definition) is 3. The van der Waals surface area contributed by atoms with Crippen molar-refractivity contribution < 1.29 is 18.3 Å². The zero-order chi connectivity index (χ0) is 16.7. The summed E-state index contributed by atoms with van der Waals surface area (Å²) in [5.74, 6) is -0.871. The monoisotopic (exact) mass is 333 g/mol. The molecular formula is C17H19NO4S. The first-order valence-electron chi connectivity index (χ1n) is 7.36. The van der Waals surface area contributed by atoms with Gasteiger partial charge in [-0.15, -0.1) is 0 Å². The summed E-state index contributed by atoms with van der Waals surface area (Å²) in [6, 6.07) is 16.4. The number of carboxylic acid groups (broad SMARTS) is 1. The van der Waals surface area contributed by atoms with Gasteiger partial charge in [-0.05, 0) is 36.1 Å². The molecule has 6 heteroatoms. The second kappa shape index (κ2) is 7.89. The summed E-state index contributed by atoms with van der Waals surface area (Å²) in [7, 11) is -3.56. The van der Waals surface area contributed by atoms with E-state index in [1.165, 1.54) is 0 Å². The van der Waals surface area contributed by atoms with Crippen LogP contribution in [0.15, 0.2) is 59.5 Å². The Morgan fingerprint density at radius 2 is 1.52 bits per heavy atom. The van der Waals surface area contributed by atoms with Gasteiger partial charge in [0.2, 0.25) is 10.0 Å². The van der Waals surface area contributed by atoms with Gasteiger partial charge >= 0.3 is 5.97 Å². The van der Waals surface area contributed by atoms with E-state index in [9.17, 15) is 13.2 Å². The van der Waals surface area contributed by atoms with Gasteiger partial charge in [0.25, 0.3) is 0 Å². The fraction of sp³-hybridized carbons (Fsp3) is 0.235. The summed E-state index contributed by atoms with van der Waals surface area (Å²) in [4.78, 5) is 10.6. The van der Waals surface area contributed by atoms with Crippen LogP contribution in [0.25, 0.3) is 11.1 Å². The zero-order valence-electron chi connectivity index (χ0n) is 12.6. The molecule has 23 heavy (non-hydrogen) atoms. The van der Waals surface area contributed by atoms with Crippen LogP contribution in [0, 0.1) is 0 Å². The third-order valence-electron chi connectivity index (χ3n) is 3.38. The predicted molar refractivity (Wildman–Crippen MR) is 88.6 cm³/mol. The molecule has 0 aromatic heterocycles. The van der Waals surface area contributed by atoms with Crippen molar-refractivity contribution in [2.24, 2.45) is 0 Å². The Kier molecular flexibility index (Phi) is 5.90. The van der Waals surface area contributed by atoms with E-state index in [0.717, 1.165) is 11.1 Å². The Hall–Kier alpha value is -2.18. The van der Waals surface area contributed by atoms with Crippen LogP contribution in [0.4, 0.5) is 0 Å². The molecule has 0 fully saturated rings. The average molecular weight is 333 g/mol. The Morgan fingerprint density at radius 3 is 2.13 bits per heavy atom. The van der Waals surface area contributed by atoms with Crippen molar-refractivity contribution in [3.8, 4) is 11.1 Å². The van der Waals surface area contributed by atoms with E-state index in [1.54, 1.807) is 24.3 Å². The molecule has 5 nitrogen and oxygen atoms in total. The topological polar surface area (TPSA) is 83.5 Å². The smallest absolute Gasteiger partial charge is 0.303 e. The lowest BCUT2D eigenvalue weighted by Gasteiger charge is -2.07. The summed E-state index contributed by atoms with van der Waals surface area (Å²) >= 11 is 0. The van der Waals surface area contributed by atoms with Crippen LogP contribution in [-0.2, 0) is 14.8 Å². The standard InChI is InChI=1S/C17H19NO4S/c19-17(20)8-4-5-13-18-23(21,22)16-11-9-15(10-12-16)14-6-2-1-3-7-14/h1-3,6-7,9-12,18H,4-5,8,13H2,(H,19,20). The molecule has 0 spiro atoms. The van der Waals surface area contributed by atoms with E-state index in [1.807, 2.05) is 30.3 Å². The number of unbranched alkanes of at least 4 members (excludes halogenated alkanes) is 1. The van der Waals surface area contributed by atoms with E-state index < -0.39 is 16.0 Å². The Balaban J connectivity index is 1.96. The van der Waals surface area contributed by atoms with Gasteiger partial charge < -0.3 is 5.11 Å². The lowest BCUT2D eigenvalue weighted by atomic mass is 10.1. The highest BCUT2D eigenvalue weighted by Crippen LogP contribution is 2.20. The third-order valence-corrected chi connectivity index (χ3v) is 4.86. The molecule has 0 saturated carbocycles. The number of carboxylic acids is 1. The van der Waals surface area contributed by atoms with E-state index in [2.05, 4.69) is 4.72 Å². The van der Waals surface area contributed by atoms with Crippen LogP contribution in [0.5, 0.6) is 0 Å². The van der Waals surface area contributed by atoms with Crippen LogP contribution >= 0.6 is 0 Å². The van der Waals surface area contributed by atoms with E-state index in [4.69, 9.17) is 5.11 Å². The molecule has 122 valence electrons. The van der Waals surface area contributed by atoms with Crippen molar-refractivity contribution in [1.82, 2.24) is 4.72 Å². The largest absolute Gasteiger partial charge is 0.481 e. The van der Waals surface area contributed by atoms with Crippen LogP contribution in [0.3, 0.4) is 0 Å². The summed E-state index contributed by atoms with van der Waals surface area (Å²) in [6.45, 7) is 0.232. The first-order valence-corrected chi connectivity index (χ1v) is 8.84. The molecule has 0 atom stereocenters. The highest BCUT2D eigenvalue weighted by atomic mass is 32.2. The molecule has 0 unspecified atom stereocenters. The zero-order valence-corrected chi connectivity index (χ0v) is 13.4. The van der Waals surface area contributed by atoms with Crippen LogP contribution in [0.2, 0.25) is 0 Å². The second-order valence-electron chi connectivity index (χ2n) is 5.14. The van der Waals surface area contributed by atoms with Crippen molar-refractivity contribution in [3.05, 3.63) is 54.6 Å². The summed E-state index contributed by atoms with van der Waals surface area (Å²) in [6.07, 6.45) is 0.992. The van der Waals surface area contributed by atoms with Gasteiger partial charge in [0, 0.05) is 13.0 Å². The van der Waals surface area contributed by atoms with Gasteiger partial charge in [0.15, 0.2) is 0 Å². The highest BCUT2D eigenvalue weighted by Gasteiger charge is 2.13. The van der Waals surface area contributed by atoms with Gasteiger partial charge in [0.1, 0.15) is 0 Å². The quantitative estimate of drug-likeness (QED) is 0.728. The molecule has 0 aliphatic heterocycles. The molecule has 2 N–H and O–H groups in total. The maximum absolute atomic E-state index is 12.1. The fourth-order valence-corrected chi connectivity index (χ4v) is 3.22. The molecule has 0 heterocycles. The SMILES string of the molecule is O=C(O)CCCCNS(=O)(=O)c1ccc(-c2ccccc2)cc1. The number of nitrogens with one attached hydrogen (secondary N) is 1. The molecule has 0 aliphatic rings. The second-order valence-corrected chi connectivity index (χ2v) is 6.91. The van der Waals surface area contributed by atoms with Gasteiger partial charge in [-0.3, -0.25) is 4.79 Å². The van der Waals surface area contributed by atoms with Gasteiger partial charge in [-0.1, -0.05) is 42.5 Å². The van der Waals surface area contributed by atoms with Crippen molar-refractivity contribution in [1.29, 1.82) is 0 Å². The fourth-order valence-electron chi connectivity index (χ4n) is 2.15. The van der Waals surface area contributed by atoms with Gasteiger partial charge in [-0.2, -0.15) is 0 Å². The first kappa shape index (κ1) is 17.2. The molecular weight excluding hydrogens is 314 g/mol. The normalized spacial score (nSPS) is 11.3. The van der Waals surface area contributed by atoms with E-state index in [-0.39, 0.29) is 17.9 Å². The minimum absolute atomic E-state index is 0.0491. The van der Waals surface area contributed by atoms with Gasteiger partial charge in [-0.25, -0.2) is 13.1 Å². The number of sulfonamides is 1. The number of aliphatic carboxylic acids is 1. The Morgan fingerprint density at radius 1 is 0.913 bits per heavy atom. The molecule has 2 aromatic carbocycles. The van der Waals surface area contributed by atoms with E-state index >= 15 is 0 Å². The van der Waals surface area contributed by atoms with Gasteiger partial charge in [0.05, 0.1) is 4.90 Å². The first-order chi connectivity index (χ1) is 11.0. The van der Waals surface area contributed by atoms with Crippen molar-refractivity contribution in [2.45, 2.75) is 24.2 Å². The summed E-state index contributed by atoms with van der Waals surface area (Å²) in [5.41, 5.74) is 1.98. The summed E-state index contributed by atoms with van der Waals surface area (Å²) < 4.78 is 26.8. The number of rotatable bonds is 8.